The molecule has 0 bridgehead atoms. The zero-order valence-corrected chi connectivity index (χ0v) is 10.6. The van der Waals surface area contributed by atoms with Gasteiger partial charge in [-0.15, -0.1) is 0 Å². The van der Waals surface area contributed by atoms with Gasteiger partial charge in [0.2, 0.25) is 11.8 Å². The van der Waals surface area contributed by atoms with Gasteiger partial charge in [0.15, 0.2) is 0 Å². The number of carbonyl (C=O) groups is 2. The molecule has 1 N–H and O–H groups in total. The summed E-state index contributed by atoms with van der Waals surface area (Å²) >= 11 is 0. The number of aliphatic hydroxyl groups is 1. The second kappa shape index (κ2) is 6.17. The topological polar surface area (TPSA) is 57.6 Å². The summed E-state index contributed by atoms with van der Waals surface area (Å²) in [5.41, 5.74) is 1.77. The van der Waals surface area contributed by atoms with Crippen molar-refractivity contribution in [2.75, 3.05) is 6.61 Å². The molecule has 0 aromatic heterocycles. The van der Waals surface area contributed by atoms with E-state index in [1.54, 1.807) is 0 Å². The molecule has 0 radical (unpaired) electrons. The van der Waals surface area contributed by atoms with Crippen LogP contribution >= 0.6 is 0 Å². The lowest BCUT2D eigenvalue weighted by atomic mass is 10.1. The van der Waals surface area contributed by atoms with E-state index in [0.717, 1.165) is 11.1 Å². The highest BCUT2D eigenvalue weighted by Gasteiger charge is 2.28. The molecular formula is C15H15NO3. The molecule has 0 atom stereocenters. The lowest BCUT2D eigenvalue weighted by Crippen LogP contribution is -2.28. The molecule has 2 rings (SSSR count). The molecule has 1 aliphatic rings. The molecule has 0 aliphatic carbocycles. The van der Waals surface area contributed by atoms with Gasteiger partial charge in [0.25, 0.3) is 0 Å². The smallest absolute Gasteiger partial charge is 0.229 e. The number of rotatable bonds is 3. The van der Waals surface area contributed by atoms with Crippen LogP contribution in [0.4, 0.5) is 0 Å². The van der Waals surface area contributed by atoms with E-state index >= 15 is 0 Å². The molecule has 0 spiro atoms. The number of carbonyl (C=O) groups excluding carboxylic acids is 2. The van der Waals surface area contributed by atoms with Crippen LogP contribution in [0.3, 0.4) is 0 Å². The molecule has 2 amide bonds. The average Bonchev–Trinajstić information content (AvgIpc) is 2.73. The van der Waals surface area contributed by atoms with Crippen LogP contribution in [-0.2, 0) is 16.1 Å². The number of imide groups is 1. The zero-order chi connectivity index (χ0) is 13.7. The van der Waals surface area contributed by atoms with Gasteiger partial charge in [0.1, 0.15) is 0 Å². The summed E-state index contributed by atoms with van der Waals surface area (Å²) in [7, 11) is 0. The number of likely N-dealkylation sites (tertiary alicyclic amines) is 1. The third-order valence-electron chi connectivity index (χ3n) is 2.92. The van der Waals surface area contributed by atoms with Crippen LogP contribution in [-0.4, -0.2) is 28.4 Å². The zero-order valence-electron chi connectivity index (χ0n) is 10.6. The predicted molar refractivity (Wildman–Crippen MR) is 69.8 cm³/mol. The van der Waals surface area contributed by atoms with Crippen molar-refractivity contribution in [2.24, 2.45) is 0 Å². The molecule has 0 unspecified atom stereocenters. The molecule has 1 fully saturated rings. The first kappa shape index (κ1) is 13.3. The summed E-state index contributed by atoms with van der Waals surface area (Å²) < 4.78 is 0. The first-order valence-electron chi connectivity index (χ1n) is 6.22. The Bertz CT molecular complexity index is 521. The minimum atomic E-state index is -0.100. The minimum absolute atomic E-state index is 0.0598. The van der Waals surface area contributed by atoms with E-state index in [1.807, 2.05) is 24.3 Å². The maximum Gasteiger partial charge on any atom is 0.229 e. The van der Waals surface area contributed by atoms with Gasteiger partial charge in [0, 0.05) is 24.8 Å². The van der Waals surface area contributed by atoms with Crippen LogP contribution in [0.15, 0.2) is 24.3 Å². The Hall–Kier alpha value is -2.12. The van der Waals surface area contributed by atoms with Crippen molar-refractivity contribution in [1.82, 2.24) is 4.90 Å². The first-order chi connectivity index (χ1) is 9.20. The van der Waals surface area contributed by atoms with E-state index in [0.29, 0.717) is 25.8 Å². The van der Waals surface area contributed by atoms with Gasteiger partial charge in [-0.1, -0.05) is 24.0 Å². The predicted octanol–water partition coefficient (Wildman–Crippen LogP) is 1.07. The summed E-state index contributed by atoms with van der Waals surface area (Å²) in [6, 6.07) is 7.43. The van der Waals surface area contributed by atoms with Crippen LogP contribution in [0.5, 0.6) is 0 Å². The molecular weight excluding hydrogens is 242 g/mol. The molecule has 1 aromatic carbocycles. The standard InChI is InChI=1S/C15H15NO3/c17-10-2-1-3-12-4-6-13(7-5-12)11-16-14(18)8-9-15(16)19/h4-7,17H,2,8-11H2. The van der Waals surface area contributed by atoms with E-state index in [4.69, 9.17) is 5.11 Å². The van der Waals surface area contributed by atoms with Crippen LogP contribution in [0.2, 0.25) is 0 Å². The summed E-state index contributed by atoms with van der Waals surface area (Å²) in [6.45, 7) is 0.395. The summed E-state index contributed by atoms with van der Waals surface area (Å²) in [5, 5.41) is 8.63. The van der Waals surface area contributed by atoms with Crippen LogP contribution < -0.4 is 0 Å². The number of hydrogen-bond donors (Lipinski definition) is 1. The van der Waals surface area contributed by atoms with Crippen molar-refractivity contribution < 1.29 is 14.7 Å². The average molecular weight is 257 g/mol. The minimum Gasteiger partial charge on any atom is -0.395 e. The van der Waals surface area contributed by atoms with Crippen LogP contribution in [0, 0.1) is 11.8 Å². The van der Waals surface area contributed by atoms with Crippen molar-refractivity contribution in [3.63, 3.8) is 0 Å². The molecule has 1 heterocycles. The lowest BCUT2D eigenvalue weighted by Gasteiger charge is -2.13. The number of nitrogens with zero attached hydrogens (tertiary/aromatic N) is 1. The number of benzene rings is 1. The van der Waals surface area contributed by atoms with Crippen molar-refractivity contribution in [3.8, 4) is 11.8 Å². The normalized spacial score (nSPS) is 14.5. The van der Waals surface area contributed by atoms with E-state index in [9.17, 15) is 9.59 Å². The van der Waals surface area contributed by atoms with E-state index in [2.05, 4.69) is 11.8 Å². The highest BCUT2D eigenvalue weighted by molar-refractivity contribution is 6.01. The summed E-state index contributed by atoms with van der Waals surface area (Å²) in [5.74, 6) is 5.57. The van der Waals surface area contributed by atoms with Gasteiger partial charge in [-0.05, 0) is 17.7 Å². The van der Waals surface area contributed by atoms with Gasteiger partial charge in [0.05, 0.1) is 13.2 Å². The first-order valence-corrected chi connectivity index (χ1v) is 6.22. The van der Waals surface area contributed by atoms with E-state index in [1.165, 1.54) is 4.90 Å². The van der Waals surface area contributed by atoms with Crippen molar-refractivity contribution in [2.45, 2.75) is 25.8 Å². The third-order valence-corrected chi connectivity index (χ3v) is 2.92. The number of amides is 2. The Balaban J connectivity index is 2.01. The fraction of sp³-hybridized carbons (Fsp3) is 0.333. The van der Waals surface area contributed by atoms with Gasteiger partial charge < -0.3 is 5.11 Å². The molecule has 0 saturated carbocycles. The van der Waals surface area contributed by atoms with Crippen molar-refractivity contribution >= 4 is 11.8 Å². The molecule has 1 aromatic rings. The fourth-order valence-electron chi connectivity index (χ4n) is 1.90. The molecule has 4 heteroatoms. The molecule has 98 valence electrons. The van der Waals surface area contributed by atoms with Crippen LogP contribution in [0.25, 0.3) is 0 Å². The number of aliphatic hydroxyl groups excluding tert-OH is 1. The highest BCUT2D eigenvalue weighted by Crippen LogP contribution is 2.16. The number of hydrogen-bond acceptors (Lipinski definition) is 3. The highest BCUT2D eigenvalue weighted by atomic mass is 16.2. The van der Waals surface area contributed by atoms with Gasteiger partial charge in [-0.2, -0.15) is 0 Å². The Labute approximate surface area is 112 Å². The molecule has 4 nitrogen and oxygen atoms in total. The maximum atomic E-state index is 11.5. The SMILES string of the molecule is O=C1CCC(=O)N1Cc1ccc(C#CCCO)cc1. The fourth-order valence-corrected chi connectivity index (χ4v) is 1.90. The monoisotopic (exact) mass is 257 g/mol. The molecule has 1 saturated heterocycles. The maximum absolute atomic E-state index is 11.5. The summed E-state index contributed by atoms with van der Waals surface area (Å²) in [4.78, 5) is 24.3. The Morgan fingerprint density at radius 3 is 2.32 bits per heavy atom. The summed E-state index contributed by atoms with van der Waals surface area (Å²) in [6.07, 6.45) is 1.10. The van der Waals surface area contributed by atoms with Crippen LogP contribution in [0.1, 0.15) is 30.4 Å². The molecule has 19 heavy (non-hydrogen) atoms. The Kier molecular flexibility index (Phi) is 4.32. The van der Waals surface area contributed by atoms with Gasteiger partial charge in [-0.3, -0.25) is 14.5 Å². The lowest BCUT2D eigenvalue weighted by molar-refractivity contribution is -0.139. The van der Waals surface area contributed by atoms with Crippen molar-refractivity contribution in [3.05, 3.63) is 35.4 Å². The van der Waals surface area contributed by atoms with E-state index in [-0.39, 0.29) is 18.4 Å². The second-order valence-electron chi connectivity index (χ2n) is 4.35. The quantitative estimate of drug-likeness (QED) is 0.651. The Morgan fingerprint density at radius 1 is 1.11 bits per heavy atom. The van der Waals surface area contributed by atoms with E-state index < -0.39 is 0 Å². The molecule has 1 aliphatic heterocycles. The largest absolute Gasteiger partial charge is 0.395 e. The second-order valence-corrected chi connectivity index (χ2v) is 4.35. The Morgan fingerprint density at radius 2 is 1.74 bits per heavy atom. The van der Waals surface area contributed by atoms with Gasteiger partial charge in [-0.25, -0.2) is 0 Å². The van der Waals surface area contributed by atoms with Crippen molar-refractivity contribution in [1.29, 1.82) is 0 Å². The van der Waals surface area contributed by atoms with Gasteiger partial charge >= 0.3 is 0 Å². The third kappa shape index (κ3) is 3.43.